The largest absolute Gasteiger partial charge is 0.325 e. The average molecular weight is 448 g/mol. The van der Waals surface area contributed by atoms with Crippen molar-refractivity contribution in [2.24, 2.45) is 0 Å². The van der Waals surface area contributed by atoms with E-state index in [4.69, 9.17) is 11.6 Å². The number of carbonyl (C=O) groups is 1. The molecule has 0 radical (unpaired) electrons. The fourth-order valence-corrected chi connectivity index (χ4v) is 4.69. The molecule has 1 aliphatic heterocycles. The molecule has 5 rings (SSSR count). The van der Waals surface area contributed by atoms with E-state index in [9.17, 15) is 4.79 Å². The average Bonchev–Trinajstić information content (AvgIpc) is 3.23. The summed E-state index contributed by atoms with van der Waals surface area (Å²) in [5, 5.41) is 12.5. The van der Waals surface area contributed by atoms with E-state index >= 15 is 0 Å². The number of thioether (sulfide) groups is 1. The number of fused-ring (bicyclic) bond motifs is 1. The van der Waals surface area contributed by atoms with E-state index in [1.807, 2.05) is 89.6 Å². The minimum absolute atomic E-state index is 0.112. The molecular weight excluding hydrogens is 430 g/mol. The first kappa shape index (κ1) is 19.7. The zero-order valence-electron chi connectivity index (χ0n) is 16.3. The molecular formula is C23H18ClN5OS. The maximum Gasteiger partial charge on any atom is 0.240 e. The predicted octanol–water partition coefficient (Wildman–Crippen LogP) is 5.00. The summed E-state index contributed by atoms with van der Waals surface area (Å²) in [6.45, 7) is 0. The Labute approximate surface area is 188 Å². The highest BCUT2D eigenvalue weighted by Gasteiger charge is 2.38. The quantitative estimate of drug-likeness (QED) is 0.460. The van der Waals surface area contributed by atoms with Gasteiger partial charge in [-0.1, -0.05) is 84.0 Å². The number of hydrogen-bond donors (Lipinski definition) is 2. The van der Waals surface area contributed by atoms with Gasteiger partial charge in [0.1, 0.15) is 5.25 Å². The van der Waals surface area contributed by atoms with Crippen molar-refractivity contribution in [3.05, 3.63) is 95.5 Å². The van der Waals surface area contributed by atoms with Gasteiger partial charge in [-0.15, -0.1) is 10.2 Å². The number of benzene rings is 3. The van der Waals surface area contributed by atoms with Crippen LogP contribution in [-0.2, 0) is 4.79 Å². The molecule has 4 aromatic rings. The molecule has 1 aliphatic rings. The molecule has 1 amide bonds. The van der Waals surface area contributed by atoms with Gasteiger partial charge in [0.2, 0.25) is 11.1 Å². The third kappa shape index (κ3) is 4.02. The number of para-hydroxylation sites is 1. The second kappa shape index (κ2) is 8.45. The maximum atomic E-state index is 13.2. The smallest absolute Gasteiger partial charge is 0.240 e. The van der Waals surface area contributed by atoms with Crippen LogP contribution in [0.5, 0.6) is 0 Å². The Bertz CT molecular complexity index is 1200. The van der Waals surface area contributed by atoms with E-state index in [0.717, 1.165) is 16.8 Å². The number of aromatic nitrogens is 3. The summed E-state index contributed by atoms with van der Waals surface area (Å²) in [6, 6.07) is 26.5. The number of nitrogens with zero attached hydrogens (tertiary/aromatic N) is 3. The molecule has 31 heavy (non-hydrogen) atoms. The molecule has 0 saturated carbocycles. The van der Waals surface area contributed by atoms with Gasteiger partial charge in [0.25, 0.3) is 0 Å². The minimum Gasteiger partial charge on any atom is -0.325 e. The Hall–Kier alpha value is -3.29. The normalized spacial score (nSPS) is 17.5. The van der Waals surface area contributed by atoms with Crippen molar-refractivity contribution in [1.82, 2.24) is 14.9 Å². The monoisotopic (exact) mass is 447 g/mol. The second-order valence-corrected chi connectivity index (χ2v) is 8.60. The lowest BCUT2D eigenvalue weighted by molar-refractivity contribution is -0.116. The van der Waals surface area contributed by atoms with Crippen LogP contribution in [-0.4, -0.2) is 26.0 Å². The number of carbonyl (C=O) groups excluding carboxylic acids is 1. The van der Waals surface area contributed by atoms with Crippen LogP contribution in [0.15, 0.2) is 90.1 Å². The number of anilines is 1. The highest BCUT2D eigenvalue weighted by Crippen LogP contribution is 2.39. The minimum atomic E-state index is -0.457. The third-order valence-electron chi connectivity index (χ3n) is 5.00. The Morgan fingerprint density at radius 2 is 1.61 bits per heavy atom. The third-order valence-corrected chi connectivity index (χ3v) is 6.46. The van der Waals surface area contributed by atoms with E-state index in [1.165, 1.54) is 11.8 Å². The number of hydrogen-bond acceptors (Lipinski definition) is 5. The summed E-state index contributed by atoms with van der Waals surface area (Å²) in [7, 11) is 0. The fourth-order valence-electron chi connectivity index (χ4n) is 3.48. The van der Waals surface area contributed by atoms with Crippen molar-refractivity contribution in [3.63, 3.8) is 0 Å². The van der Waals surface area contributed by atoms with Crippen LogP contribution in [0.1, 0.15) is 11.6 Å². The van der Waals surface area contributed by atoms with Gasteiger partial charge in [-0.3, -0.25) is 4.79 Å². The molecule has 0 unspecified atom stereocenters. The Balaban J connectivity index is 1.52. The Morgan fingerprint density at radius 3 is 2.32 bits per heavy atom. The summed E-state index contributed by atoms with van der Waals surface area (Å²) in [5.41, 5.74) is 6.10. The van der Waals surface area contributed by atoms with E-state index in [1.54, 1.807) is 0 Å². The zero-order chi connectivity index (χ0) is 21.2. The SMILES string of the molecule is O=C(Nc1ccccc1)[C@@H]1Sc2nnc(-c3ccccc3)n2N[C@H]1c1ccc(Cl)cc1. The summed E-state index contributed by atoms with van der Waals surface area (Å²) >= 11 is 7.48. The lowest BCUT2D eigenvalue weighted by Crippen LogP contribution is -2.41. The van der Waals surface area contributed by atoms with Crippen LogP contribution < -0.4 is 10.7 Å². The first-order chi connectivity index (χ1) is 15.2. The van der Waals surface area contributed by atoms with Gasteiger partial charge in [0.05, 0.1) is 6.04 Å². The van der Waals surface area contributed by atoms with Crippen LogP contribution in [0.4, 0.5) is 5.69 Å². The lowest BCUT2D eigenvalue weighted by atomic mass is 10.0. The number of rotatable bonds is 4. The van der Waals surface area contributed by atoms with Crippen molar-refractivity contribution < 1.29 is 4.79 Å². The summed E-state index contributed by atoms with van der Waals surface area (Å²) in [5.74, 6) is 0.586. The topological polar surface area (TPSA) is 71.8 Å². The molecule has 0 fully saturated rings. The molecule has 3 aromatic carbocycles. The predicted molar refractivity (Wildman–Crippen MR) is 124 cm³/mol. The Morgan fingerprint density at radius 1 is 0.935 bits per heavy atom. The lowest BCUT2D eigenvalue weighted by Gasteiger charge is -2.33. The van der Waals surface area contributed by atoms with Crippen molar-refractivity contribution in [2.45, 2.75) is 16.4 Å². The summed E-state index contributed by atoms with van der Waals surface area (Å²) < 4.78 is 1.85. The Kier molecular flexibility index (Phi) is 5.36. The molecule has 1 aromatic heterocycles. The molecule has 2 atom stereocenters. The summed E-state index contributed by atoms with van der Waals surface area (Å²) in [4.78, 5) is 13.2. The van der Waals surface area contributed by atoms with Gasteiger partial charge in [-0.2, -0.15) is 0 Å². The number of nitrogens with one attached hydrogen (secondary N) is 2. The molecule has 0 spiro atoms. The molecule has 154 valence electrons. The van der Waals surface area contributed by atoms with Crippen molar-refractivity contribution in [2.75, 3.05) is 10.7 Å². The van der Waals surface area contributed by atoms with E-state index in [-0.39, 0.29) is 11.9 Å². The van der Waals surface area contributed by atoms with Gasteiger partial charge in [0, 0.05) is 16.3 Å². The molecule has 2 N–H and O–H groups in total. The van der Waals surface area contributed by atoms with Gasteiger partial charge >= 0.3 is 0 Å². The molecule has 0 aliphatic carbocycles. The van der Waals surface area contributed by atoms with Gasteiger partial charge in [-0.25, -0.2) is 4.68 Å². The first-order valence-corrected chi connectivity index (χ1v) is 11.0. The molecule has 0 bridgehead atoms. The molecule has 8 heteroatoms. The van der Waals surface area contributed by atoms with E-state index in [2.05, 4.69) is 20.9 Å². The van der Waals surface area contributed by atoms with E-state index < -0.39 is 5.25 Å². The van der Waals surface area contributed by atoms with Crippen LogP contribution >= 0.6 is 23.4 Å². The van der Waals surface area contributed by atoms with Crippen molar-refractivity contribution in [3.8, 4) is 11.4 Å². The van der Waals surface area contributed by atoms with Gasteiger partial charge in [-0.05, 0) is 29.8 Å². The molecule has 6 nitrogen and oxygen atoms in total. The van der Waals surface area contributed by atoms with Crippen LogP contribution in [0.25, 0.3) is 11.4 Å². The van der Waals surface area contributed by atoms with Gasteiger partial charge < -0.3 is 10.7 Å². The fraction of sp³-hybridized carbons (Fsp3) is 0.0870. The first-order valence-electron chi connectivity index (χ1n) is 9.74. The highest BCUT2D eigenvalue weighted by molar-refractivity contribution is 8.00. The van der Waals surface area contributed by atoms with Crippen molar-refractivity contribution in [1.29, 1.82) is 0 Å². The summed E-state index contributed by atoms with van der Waals surface area (Å²) in [6.07, 6.45) is 0. The zero-order valence-corrected chi connectivity index (χ0v) is 17.8. The number of halogens is 1. The van der Waals surface area contributed by atoms with E-state index in [0.29, 0.717) is 16.0 Å². The van der Waals surface area contributed by atoms with Crippen LogP contribution in [0.3, 0.4) is 0 Å². The maximum absolute atomic E-state index is 13.2. The van der Waals surface area contributed by atoms with Gasteiger partial charge in [0.15, 0.2) is 5.82 Å². The van der Waals surface area contributed by atoms with Crippen LogP contribution in [0.2, 0.25) is 5.02 Å². The molecule has 0 saturated heterocycles. The standard InChI is InChI=1S/C23H18ClN5OS/c24-17-13-11-15(12-14-17)19-20(22(30)25-18-9-5-2-6-10-18)31-23-27-26-21(29(23)28-19)16-7-3-1-4-8-16/h1-14,19-20,28H,(H,25,30)/t19-,20+/m0/s1. The second-order valence-electron chi connectivity index (χ2n) is 7.06. The highest BCUT2D eigenvalue weighted by atomic mass is 35.5. The molecule has 2 heterocycles. The van der Waals surface area contributed by atoms with Crippen molar-refractivity contribution >= 4 is 35.0 Å². The van der Waals surface area contributed by atoms with Crippen LogP contribution in [0, 0.1) is 0 Å². The number of amides is 1.